The molecular weight excluding hydrogens is 362 g/mol. The summed E-state index contributed by atoms with van der Waals surface area (Å²) in [6, 6.07) is 20.2. The average molecular weight is 389 g/mol. The van der Waals surface area contributed by atoms with Gasteiger partial charge in [0, 0.05) is 18.4 Å². The lowest BCUT2D eigenvalue weighted by molar-refractivity contribution is 0.149. The topological polar surface area (TPSA) is 46.5 Å². The molecule has 5 heteroatoms. The maximum Gasteiger partial charge on any atom is 0.318 e. The van der Waals surface area contributed by atoms with Gasteiger partial charge in [0.05, 0.1) is 25.4 Å². The highest BCUT2D eigenvalue weighted by Crippen LogP contribution is 2.36. The van der Waals surface area contributed by atoms with Gasteiger partial charge in [0.25, 0.3) is 0 Å². The van der Waals surface area contributed by atoms with E-state index in [1.54, 1.807) is 7.11 Å². The molecule has 1 aliphatic rings. The molecule has 0 aliphatic carbocycles. The van der Waals surface area contributed by atoms with E-state index in [4.69, 9.17) is 4.74 Å². The van der Waals surface area contributed by atoms with E-state index in [-0.39, 0.29) is 18.0 Å². The number of carbonyl (C=O) groups is 1. The summed E-state index contributed by atoms with van der Waals surface area (Å²) >= 11 is 0. The molecule has 5 nitrogen and oxygen atoms in total. The second kappa shape index (κ2) is 8.03. The van der Waals surface area contributed by atoms with E-state index in [1.807, 2.05) is 41.3 Å². The lowest BCUT2D eigenvalue weighted by Gasteiger charge is -2.33. The molecule has 3 aromatic rings. The third-order valence-electron chi connectivity index (χ3n) is 5.48. The number of rotatable bonds is 4. The van der Waals surface area contributed by atoms with Crippen molar-refractivity contribution in [2.45, 2.75) is 33.0 Å². The molecule has 29 heavy (non-hydrogen) atoms. The zero-order valence-corrected chi connectivity index (χ0v) is 17.1. The number of fused-ring (bicyclic) bond motifs is 3. The molecule has 4 rings (SSSR count). The van der Waals surface area contributed by atoms with Crippen LogP contribution >= 0.6 is 0 Å². The van der Waals surface area contributed by atoms with Crippen molar-refractivity contribution >= 4 is 6.03 Å². The molecular formula is C24H27N3O2. The second-order valence-corrected chi connectivity index (χ2v) is 7.76. The molecule has 0 fully saturated rings. The third kappa shape index (κ3) is 3.73. The van der Waals surface area contributed by atoms with Crippen molar-refractivity contribution in [3.05, 3.63) is 83.7 Å². The number of hydrogen-bond donors (Lipinski definition) is 1. The molecule has 1 aliphatic heterocycles. The molecule has 1 N–H and O–H groups in total. The predicted octanol–water partition coefficient (Wildman–Crippen LogP) is 4.91. The van der Waals surface area contributed by atoms with Crippen LogP contribution in [0, 0.1) is 5.92 Å². The van der Waals surface area contributed by atoms with Crippen molar-refractivity contribution in [2.24, 2.45) is 5.92 Å². The Morgan fingerprint density at radius 1 is 1.14 bits per heavy atom. The number of methoxy groups -OCH3 is 1. The Morgan fingerprint density at radius 3 is 2.76 bits per heavy atom. The molecule has 0 saturated carbocycles. The Hall–Kier alpha value is -3.21. The molecule has 2 heterocycles. The van der Waals surface area contributed by atoms with Gasteiger partial charge in [-0.1, -0.05) is 44.2 Å². The van der Waals surface area contributed by atoms with Gasteiger partial charge in [-0.15, -0.1) is 0 Å². The summed E-state index contributed by atoms with van der Waals surface area (Å²) in [4.78, 5) is 15.3. The highest BCUT2D eigenvalue weighted by atomic mass is 16.5. The van der Waals surface area contributed by atoms with Gasteiger partial charge in [0.2, 0.25) is 0 Å². The summed E-state index contributed by atoms with van der Waals surface area (Å²) in [6.07, 6.45) is 2.08. The largest absolute Gasteiger partial charge is 0.497 e. The van der Waals surface area contributed by atoms with Crippen LogP contribution in [0.3, 0.4) is 0 Å². The Labute approximate surface area is 171 Å². The van der Waals surface area contributed by atoms with Crippen LogP contribution in [0.4, 0.5) is 4.79 Å². The first-order valence-corrected chi connectivity index (χ1v) is 10.0. The molecule has 1 aromatic heterocycles. The minimum absolute atomic E-state index is 0.0114. The highest BCUT2D eigenvalue weighted by Gasteiger charge is 2.33. The highest BCUT2D eigenvalue weighted by molar-refractivity contribution is 5.75. The van der Waals surface area contributed by atoms with Crippen LogP contribution in [-0.4, -0.2) is 22.6 Å². The SMILES string of the molecule is COc1cccc(CNC(=O)N2Cc3ccccc3-n3cccc3[C@H]2C(C)C)c1. The van der Waals surface area contributed by atoms with Crippen molar-refractivity contribution in [2.75, 3.05) is 7.11 Å². The van der Waals surface area contributed by atoms with Crippen molar-refractivity contribution < 1.29 is 9.53 Å². The van der Waals surface area contributed by atoms with Crippen LogP contribution in [0.5, 0.6) is 5.75 Å². The number of aromatic nitrogens is 1. The average Bonchev–Trinajstić information content (AvgIpc) is 3.15. The Kier molecular flexibility index (Phi) is 5.30. The maximum atomic E-state index is 13.3. The Morgan fingerprint density at radius 2 is 1.97 bits per heavy atom. The number of hydrogen-bond acceptors (Lipinski definition) is 2. The van der Waals surface area contributed by atoms with Crippen molar-refractivity contribution in [1.29, 1.82) is 0 Å². The van der Waals surface area contributed by atoms with Crippen molar-refractivity contribution in [3.8, 4) is 11.4 Å². The number of ether oxygens (including phenoxy) is 1. The minimum atomic E-state index is -0.0593. The molecule has 1 atom stereocenters. The fourth-order valence-electron chi connectivity index (χ4n) is 4.14. The van der Waals surface area contributed by atoms with Gasteiger partial charge < -0.3 is 19.5 Å². The normalized spacial score (nSPS) is 15.4. The number of benzene rings is 2. The van der Waals surface area contributed by atoms with E-state index in [2.05, 4.69) is 54.2 Å². The molecule has 0 saturated heterocycles. The quantitative estimate of drug-likeness (QED) is 0.689. The van der Waals surface area contributed by atoms with Crippen LogP contribution < -0.4 is 10.1 Å². The lowest BCUT2D eigenvalue weighted by atomic mass is 9.99. The summed E-state index contributed by atoms with van der Waals surface area (Å²) in [6.45, 7) is 5.37. The van der Waals surface area contributed by atoms with Crippen LogP contribution in [0.2, 0.25) is 0 Å². The molecule has 0 bridgehead atoms. The summed E-state index contributed by atoms with van der Waals surface area (Å²) in [7, 11) is 1.65. The van der Waals surface area contributed by atoms with Gasteiger partial charge in [-0.25, -0.2) is 4.79 Å². The van der Waals surface area contributed by atoms with E-state index in [1.165, 1.54) is 0 Å². The molecule has 0 unspecified atom stereocenters. The monoisotopic (exact) mass is 389 g/mol. The summed E-state index contributed by atoms with van der Waals surface area (Å²) in [5.74, 6) is 1.07. The number of nitrogens with zero attached hydrogens (tertiary/aromatic N) is 2. The number of urea groups is 1. The van der Waals surface area contributed by atoms with E-state index in [0.29, 0.717) is 13.1 Å². The van der Waals surface area contributed by atoms with E-state index < -0.39 is 0 Å². The molecule has 2 aromatic carbocycles. The van der Waals surface area contributed by atoms with E-state index >= 15 is 0 Å². The molecule has 2 amide bonds. The molecule has 0 spiro atoms. The Balaban J connectivity index is 1.63. The summed E-state index contributed by atoms with van der Waals surface area (Å²) < 4.78 is 7.50. The number of nitrogens with one attached hydrogen (secondary N) is 1. The summed E-state index contributed by atoms with van der Waals surface area (Å²) in [5, 5.41) is 3.11. The molecule has 0 radical (unpaired) electrons. The first kappa shape index (κ1) is 19.1. The fourth-order valence-corrected chi connectivity index (χ4v) is 4.14. The van der Waals surface area contributed by atoms with Gasteiger partial charge >= 0.3 is 6.03 Å². The zero-order chi connectivity index (χ0) is 20.4. The smallest absolute Gasteiger partial charge is 0.318 e. The van der Waals surface area contributed by atoms with Gasteiger partial charge in [0.1, 0.15) is 5.75 Å². The van der Waals surface area contributed by atoms with E-state index in [9.17, 15) is 4.79 Å². The zero-order valence-electron chi connectivity index (χ0n) is 17.1. The minimum Gasteiger partial charge on any atom is -0.497 e. The molecule has 150 valence electrons. The lowest BCUT2D eigenvalue weighted by Crippen LogP contribution is -2.42. The fraction of sp³-hybridized carbons (Fsp3) is 0.292. The van der Waals surface area contributed by atoms with Gasteiger partial charge in [-0.2, -0.15) is 0 Å². The van der Waals surface area contributed by atoms with Crippen LogP contribution in [0.15, 0.2) is 66.9 Å². The number of para-hydroxylation sites is 1. The standard InChI is InChI=1S/C24H27N3O2/c1-17(2)23-22-12-7-13-26(22)21-11-5-4-9-19(21)16-27(23)24(28)25-15-18-8-6-10-20(14-18)29-3/h4-14,17,23H,15-16H2,1-3H3,(H,25,28)/t23-/m1/s1. The van der Waals surface area contributed by atoms with Crippen molar-refractivity contribution in [1.82, 2.24) is 14.8 Å². The van der Waals surface area contributed by atoms with Crippen LogP contribution in [0.25, 0.3) is 5.69 Å². The third-order valence-corrected chi connectivity index (χ3v) is 5.48. The second-order valence-electron chi connectivity index (χ2n) is 7.76. The first-order chi connectivity index (χ1) is 14.1. The number of amides is 2. The summed E-state index contributed by atoms with van der Waals surface area (Å²) in [5.41, 5.74) is 4.43. The maximum absolute atomic E-state index is 13.3. The van der Waals surface area contributed by atoms with E-state index in [0.717, 1.165) is 28.3 Å². The first-order valence-electron chi connectivity index (χ1n) is 10.0. The Bertz CT molecular complexity index is 1010. The van der Waals surface area contributed by atoms with Gasteiger partial charge in [-0.05, 0) is 47.4 Å². The van der Waals surface area contributed by atoms with Gasteiger partial charge in [-0.3, -0.25) is 0 Å². The van der Waals surface area contributed by atoms with Crippen LogP contribution in [0.1, 0.15) is 36.7 Å². The predicted molar refractivity (Wildman–Crippen MR) is 114 cm³/mol. The number of carbonyl (C=O) groups excluding carboxylic acids is 1. The van der Waals surface area contributed by atoms with Gasteiger partial charge in [0.15, 0.2) is 0 Å². The van der Waals surface area contributed by atoms with Crippen LogP contribution in [-0.2, 0) is 13.1 Å². The van der Waals surface area contributed by atoms with Crippen molar-refractivity contribution in [3.63, 3.8) is 0 Å².